The molecule has 0 heteroatoms. The Morgan fingerprint density at radius 2 is 1.87 bits per heavy atom. The fraction of sp³-hybridized carbons (Fsp3) is 0.600. The van der Waals surface area contributed by atoms with Crippen LogP contribution in [0.2, 0.25) is 0 Å². The van der Waals surface area contributed by atoms with E-state index in [1.807, 2.05) is 0 Å². The van der Waals surface area contributed by atoms with Gasteiger partial charge in [0, 0.05) is 0 Å². The highest BCUT2D eigenvalue weighted by Crippen LogP contribution is 2.44. The second-order valence-corrected chi connectivity index (χ2v) is 5.09. The number of unbranched alkanes of at least 4 members (excludes halogenated alkanes) is 1. The predicted molar refractivity (Wildman–Crippen MR) is 66.0 cm³/mol. The molecule has 0 heterocycles. The fourth-order valence-corrected chi connectivity index (χ4v) is 2.41. The first-order valence-electron chi connectivity index (χ1n) is 6.35. The summed E-state index contributed by atoms with van der Waals surface area (Å²) in [6.45, 7) is 4.45. The van der Waals surface area contributed by atoms with E-state index in [0.717, 1.165) is 11.8 Å². The summed E-state index contributed by atoms with van der Waals surface area (Å²) in [6.07, 6.45) is 7.04. The van der Waals surface area contributed by atoms with Crippen LogP contribution >= 0.6 is 0 Å². The molecule has 15 heavy (non-hydrogen) atoms. The van der Waals surface area contributed by atoms with Crippen LogP contribution in [0.5, 0.6) is 0 Å². The van der Waals surface area contributed by atoms with E-state index in [-0.39, 0.29) is 0 Å². The number of benzene rings is 1. The molecule has 0 saturated heterocycles. The van der Waals surface area contributed by atoms with E-state index in [9.17, 15) is 0 Å². The minimum absolute atomic E-state index is 0.999. The molecule has 0 nitrogen and oxygen atoms in total. The lowest BCUT2D eigenvalue weighted by Gasteiger charge is -2.01. The Labute approximate surface area is 93.7 Å². The van der Waals surface area contributed by atoms with Gasteiger partial charge in [-0.05, 0) is 37.2 Å². The molecule has 0 N–H and O–H groups in total. The van der Waals surface area contributed by atoms with E-state index in [0.29, 0.717) is 0 Å². The van der Waals surface area contributed by atoms with Gasteiger partial charge >= 0.3 is 0 Å². The third-order valence-corrected chi connectivity index (χ3v) is 3.62. The molecule has 1 saturated carbocycles. The summed E-state index contributed by atoms with van der Waals surface area (Å²) < 4.78 is 0. The third kappa shape index (κ3) is 3.09. The Morgan fingerprint density at radius 3 is 2.53 bits per heavy atom. The van der Waals surface area contributed by atoms with Gasteiger partial charge in [0.25, 0.3) is 0 Å². The van der Waals surface area contributed by atoms with Crippen molar-refractivity contribution >= 4 is 0 Å². The van der Waals surface area contributed by atoms with Gasteiger partial charge in [-0.25, -0.2) is 0 Å². The molecule has 2 atom stereocenters. The molecule has 0 radical (unpaired) electrons. The van der Waals surface area contributed by atoms with Gasteiger partial charge in [0.15, 0.2) is 0 Å². The number of hydrogen-bond donors (Lipinski definition) is 0. The summed E-state index contributed by atoms with van der Waals surface area (Å²) in [6, 6.07) is 9.06. The molecule has 1 fully saturated rings. The lowest BCUT2D eigenvalue weighted by atomic mass is 10.0. The Hall–Kier alpha value is -0.780. The molecule has 0 aromatic heterocycles. The minimum atomic E-state index is 0.999. The van der Waals surface area contributed by atoms with Crippen LogP contribution < -0.4 is 0 Å². The van der Waals surface area contributed by atoms with E-state index < -0.39 is 0 Å². The summed E-state index contributed by atoms with van der Waals surface area (Å²) >= 11 is 0. The Bertz CT molecular complexity index is 296. The van der Waals surface area contributed by atoms with Crippen molar-refractivity contribution in [1.82, 2.24) is 0 Å². The smallest absolute Gasteiger partial charge is 0.0248 e. The first-order chi connectivity index (χ1) is 7.29. The highest BCUT2D eigenvalue weighted by Gasteiger charge is 2.35. The van der Waals surface area contributed by atoms with Crippen LogP contribution in [0.25, 0.3) is 0 Å². The minimum Gasteiger partial charge on any atom is -0.0654 e. The summed E-state index contributed by atoms with van der Waals surface area (Å²) in [5, 5.41) is 0. The highest BCUT2D eigenvalue weighted by atomic mass is 14.4. The van der Waals surface area contributed by atoms with Gasteiger partial charge < -0.3 is 0 Å². The van der Waals surface area contributed by atoms with Gasteiger partial charge in [0.1, 0.15) is 0 Å². The molecular weight excluding hydrogens is 180 g/mol. The first-order valence-corrected chi connectivity index (χ1v) is 6.35. The van der Waals surface area contributed by atoms with Crippen LogP contribution in [0.15, 0.2) is 24.3 Å². The molecule has 0 unspecified atom stereocenters. The molecule has 0 spiro atoms. The van der Waals surface area contributed by atoms with Crippen LogP contribution in [0.1, 0.15) is 43.7 Å². The zero-order valence-corrected chi connectivity index (χ0v) is 10.00. The van der Waals surface area contributed by atoms with Crippen LogP contribution in [0.4, 0.5) is 0 Å². The SMILES string of the molecule is CCCC[C@H]1C[C@@H]1Cc1ccc(C)cc1. The quantitative estimate of drug-likeness (QED) is 0.665. The van der Waals surface area contributed by atoms with Crippen molar-refractivity contribution < 1.29 is 0 Å². The van der Waals surface area contributed by atoms with Crippen LogP contribution in [0, 0.1) is 18.8 Å². The molecular formula is C15H22. The summed E-state index contributed by atoms with van der Waals surface area (Å²) in [5.74, 6) is 2.05. The van der Waals surface area contributed by atoms with Crippen molar-refractivity contribution in [3.63, 3.8) is 0 Å². The van der Waals surface area contributed by atoms with Crippen molar-refractivity contribution in [2.24, 2.45) is 11.8 Å². The predicted octanol–water partition coefficient (Wildman–Crippen LogP) is 4.36. The summed E-state index contributed by atoms with van der Waals surface area (Å²) in [5.41, 5.74) is 2.90. The maximum absolute atomic E-state index is 2.30. The maximum Gasteiger partial charge on any atom is -0.0248 e. The second-order valence-electron chi connectivity index (χ2n) is 5.09. The largest absolute Gasteiger partial charge is 0.0654 e. The van der Waals surface area contributed by atoms with Gasteiger partial charge in [-0.2, -0.15) is 0 Å². The van der Waals surface area contributed by atoms with Gasteiger partial charge in [-0.3, -0.25) is 0 Å². The molecule has 1 aliphatic carbocycles. The molecule has 1 aromatic carbocycles. The molecule has 0 bridgehead atoms. The van der Waals surface area contributed by atoms with E-state index in [1.54, 1.807) is 0 Å². The number of aryl methyl sites for hydroxylation is 1. The molecule has 0 aliphatic heterocycles. The van der Waals surface area contributed by atoms with E-state index in [4.69, 9.17) is 0 Å². The zero-order valence-electron chi connectivity index (χ0n) is 10.00. The van der Waals surface area contributed by atoms with Gasteiger partial charge in [-0.15, -0.1) is 0 Å². The van der Waals surface area contributed by atoms with Crippen molar-refractivity contribution in [2.45, 2.75) is 46.0 Å². The van der Waals surface area contributed by atoms with Gasteiger partial charge in [-0.1, -0.05) is 56.0 Å². The van der Waals surface area contributed by atoms with Gasteiger partial charge in [0.2, 0.25) is 0 Å². The molecule has 0 amide bonds. The van der Waals surface area contributed by atoms with E-state index >= 15 is 0 Å². The van der Waals surface area contributed by atoms with Crippen molar-refractivity contribution in [3.05, 3.63) is 35.4 Å². The molecule has 1 aliphatic rings. The Kier molecular flexibility index (Phi) is 3.45. The summed E-state index contributed by atoms with van der Waals surface area (Å²) in [4.78, 5) is 0. The van der Waals surface area contributed by atoms with Crippen LogP contribution in [0.3, 0.4) is 0 Å². The van der Waals surface area contributed by atoms with Crippen molar-refractivity contribution in [2.75, 3.05) is 0 Å². The van der Waals surface area contributed by atoms with E-state index in [2.05, 4.69) is 38.1 Å². The van der Waals surface area contributed by atoms with Gasteiger partial charge in [0.05, 0.1) is 0 Å². The van der Waals surface area contributed by atoms with E-state index in [1.165, 1.54) is 43.2 Å². The standard InChI is InChI=1S/C15H22/c1-3-4-5-14-11-15(14)10-13-8-6-12(2)7-9-13/h6-9,14-15H,3-5,10-11H2,1-2H3/t14-,15-/m0/s1. The normalized spacial score (nSPS) is 24.1. The zero-order chi connectivity index (χ0) is 10.7. The average Bonchev–Trinajstić information content (AvgIpc) is 2.97. The first kappa shape index (κ1) is 10.7. The molecule has 82 valence electrons. The maximum atomic E-state index is 2.30. The average molecular weight is 202 g/mol. The lowest BCUT2D eigenvalue weighted by Crippen LogP contribution is -1.90. The Morgan fingerprint density at radius 1 is 1.13 bits per heavy atom. The number of hydrogen-bond acceptors (Lipinski definition) is 0. The molecule has 1 aromatic rings. The Balaban J connectivity index is 1.77. The monoisotopic (exact) mass is 202 g/mol. The topological polar surface area (TPSA) is 0 Å². The highest BCUT2D eigenvalue weighted by molar-refractivity contribution is 5.22. The van der Waals surface area contributed by atoms with Crippen molar-refractivity contribution in [1.29, 1.82) is 0 Å². The number of rotatable bonds is 5. The molecule has 2 rings (SSSR count). The van der Waals surface area contributed by atoms with Crippen molar-refractivity contribution in [3.8, 4) is 0 Å². The van der Waals surface area contributed by atoms with Crippen LogP contribution in [-0.4, -0.2) is 0 Å². The third-order valence-electron chi connectivity index (χ3n) is 3.62. The fourth-order valence-electron chi connectivity index (χ4n) is 2.41. The summed E-state index contributed by atoms with van der Waals surface area (Å²) in [7, 11) is 0. The second kappa shape index (κ2) is 4.83. The lowest BCUT2D eigenvalue weighted by molar-refractivity contribution is 0.600. The van der Waals surface area contributed by atoms with Crippen LogP contribution in [-0.2, 0) is 6.42 Å².